The van der Waals surface area contributed by atoms with Crippen LogP contribution < -0.4 is 5.32 Å². The van der Waals surface area contributed by atoms with Gasteiger partial charge in [-0.05, 0) is 31.7 Å². The Kier molecular flexibility index (Phi) is 4.76. The van der Waals surface area contributed by atoms with Crippen LogP contribution in [0.4, 0.5) is 5.88 Å². The summed E-state index contributed by atoms with van der Waals surface area (Å²) in [7, 11) is 1.87. The van der Waals surface area contributed by atoms with Crippen molar-refractivity contribution < 1.29 is 9.32 Å². The number of anilines is 1. The molecule has 0 atom stereocenters. The Bertz CT molecular complexity index is 598. The number of rotatable bonds is 5. The van der Waals surface area contributed by atoms with Crippen LogP contribution in [0.3, 0.4) is 0 Å². The maximum Gasteiger partial charge on any atom is 0.240 e. The maximum atomic E-state index is 11.8. The lowest BCUT2D eigenvalue weighted by molar-refractivity contribution is -0.117. The first-order chi connectivity index (χ1) is 9.52. The van der Waals surface area contributed by atoms with E-state index in [1.54, 1.807) is 13.0 Å². The zero-order chi connectivity index (χ0) is 14.5. The monoisotopic (exact) mass is 293 g/mol. The number of aromatic nitrogens is 1. The van der Waals surface area contributed by atoms with Crippen LogP contribution in [0.1, 0.15) is 11.3 Å². The average molecular weight is 294 g/mol. The van der Waals surface area contributed by atoms with Crippen LogP contribution >= 0.6 is 11.6 Å². The van der Waals surface area contributed by atoms with E-state index in [2.05, 4.69) is 10.5 Å². The number of hydrogen-bond acceptors (Lipinski definition) is 4. The standard InChI is InChI=1S/C14H16ClN3O2/c1-10-6-14(20-17-10)16-13(19)9-18(2)8-11-4-3-5-12(15)7-11/h3-7H,8-9H2,1-2H3,(H,16,19). The first kappa shape index (κ1) is 14.6. The number of carbonyl (C=O) groups excluding carboxylic acids is 1. The van der Waals surface area contributed by atoms with E-state index in [9.17, 15) is 4.79 Å². The molecule has 0 aliphatic carbocycles. The summed E-state index contributed by atoms with van der Waals surface area (Å²) >= 11 is 5.93. The summed E-state index contributed by atoms with van der Waals surface area (Å²) in [5.74, 6) is 0.217. The molecular formula is C14H16ClN3O2. The highest BCUT2D eigenvalue weighted by atomic mass is 35.5. The van der Waals surface area contributed by atoms with Gasteiger partial charge in [-0.2, -0.15) is 0 Å². The fourth-order valence-corrected chi connectivity index (χ4v) is 2.06. The SMILES string of the molecule is Cc1cc(NC(=O)CN(C)Cc2cccc(Cl)c2)on1. The molecule has 1 heterocycles. The highest BCUT2D eigenvalue weighted by Gasteiger charge is 2.10. The van der Waals surface area contributed by atoms with Crippen LogP contribution in [-0.4, -0.2) is 29.6 Å². The third-order valence-electron chi connectivity index (χ3n) is 2.65. The highest BCUT2D eigenvalue weighted by molar-refractivity contribution is 6.30. The van der Waals surface area contributed by atoms with Gasteiger partial charge >= 0.3 is 0 Å². The maximum absolute atomic E-state index is 11.8. The zero-order valence-corrected chi connectivity index (χ0v) is 12.1. The van der Waals surface area contributed by atoms with E-state index in [1.807, 2.05) is 36.2 Å². The molecule has 0 bridgehead atoms. The van der Waals surface area contributed by atoms with E-state index >= 15 is 0 Å². The smallest absolute Gasteiger partial charge is 0.240 e. The molecule has 1 aromatic heterocycles. The van der Waals surface area contributed by atoms with Crippen LogP contribution in [0.15, 0.2) is 34.9 Å². The molecule has 6 heteroatoms. The van der Waals surface area contributed by atoms with Gasteiger partial charge in [0.05, 0.1) is 12.2 Å². The molecule has 0 spiro atoms. The molecule has 2 rings (SSSR count). The van der Waals surface area contributed by atoms with Crippen LogP contribution in [0.2, 0.25) is 5.02 Å². The van der Waals surface area contributed by atoms with Gasteiger partial charge in [0.15, 0.2) is 0 Å². The third-order valence-corrected chi connectivity index (χ3v) is 2.88. The van der Waals surface area contributed by atoms with E-state index in [0.717, 1.165) is 11.3 Å². The Balaban J connectivity index is 1.84. The van der Waals surface area contributed by atoms with Crippen molar-refractivity contribution >= 4 is 23.4 Å². The first-order valence-corrected chi connectivity index (χ1v) is 6.57. The number of carbonyl (C=O) groups is 1. The Morgan fingerprint density at radius 2 is 2.25 bits per heavy atom. The van der Waals surface area contributed by atoms with Gasteiger partial charge in [0.1, 0.15) is 0 Å². The van der Waals surface area contributed by atoms with Gasteiger partial charge in [0, 0.05) is 17.6 Å². The first-order valence-electron chi connectivity index (χ1n) is 6.19. The lowest BCUT2D eigenvalue weighted by atomic mass is 10.2. The summed E-state index contributed by atoms with van der Waals surface area (Å²) in [5.41, 5.74) is 1.79. The zero-order valence-electron chi connectivity index (χ0n) is 11.4. The van der Waals surface area contributed by atoms with E-state index in [1.165, 1.54) is 0 Å². The number of nitrogens with one attached hydrogen (secondary N) is 1. The van der Waals surface area contributed by atoms with Crippen molar-refractivity contribution in [3.05, 3.63) is 46.6 Å². The lowest BCUT2D eigenvalue weighted by Crippen LogP contribution is -2.29. The highest BCUT2D eigenvalue weighted by Crippen LogP contribution is 2.12. The molecule has 0 aliphatic heterocycles. The number of hydrogen-bond donors (Lipinski definition) is 1. The molecule has 0 saturated carbocycles. The molecule has 0 aliphatic rings. The molecular weight excluding hydrogens is 278 g/mol. The molecule has 1 N–H and O–H groups in total. The van der Waals surface area contributed by atoms with Crippen LogP contribution in [0, 0.1) is 6.92 Å². The Labute approximate surface area is 122 Å². The summed E-state index contributed by atoms with van der Waals surface area (Å²) in [6, 6.07) is 9.25. The second-order valence-corrected chi connectivity index (χ2v) is 5.12. The molecule has 2 aromatic rings. The number of benzene rings is 1. The Morgan fingerprint density at radius 1 is 1.45 bits per heavy atom. The third kappa shape index (κ3) is 4.36. The van der Waals surface area contributed by atoms with E-state index in [-0.39, 0.29) is 12.5 Å². The number of halogens is 1. The molecule has 0 fully saturated rings. The molecule has 1 amide bonds. The van der Waals surface area contributed by atoms with Gasteiger partial charge in [-0.1, -0.05) is 28.9 Å². The Hall–Kier alpha value is -1.85. The van der Waals surface area contributed by atoms with Crippen LogP contribution in [-0.2, 0) is 11.3 Å². The van der Waals surface area contributed by atoms with Crippen molar-refractivity contribution in [2.45, 2.75) is 13.5 Å². The van der Waals surface area contributed by atoms with E-state index in [4.69, 9.17) is 16.1 Å². The quantitative estimate of drug-likeness (QED) is 0.921. The van der Waals surface area contributed by atoms with Crippen molar-refractivity contribution in [3.63, 3.8) is 0 Å². The van der Waals surface area contributed by atoms with Crippen molar-refractivity contribution in [1.29, 1.82) is 0 Å². The minimum Gasteiger partial charge on any atom is -0.338 e. The second kappa shape index (κ2) is 6.54. The van der Waals surface area contributed by atoms with Crippen molar-refractivity contribution in [2.24, 2.45) is 0 Å². The number of nitrogens with zero attached hydrogens (tertiary/aromatic N) is 2. The average Bonchev–Trinajstić information content (AvgIpc) is 2.74. The summed E-state index contributed by atoms with van der Waals surface area (Å²) in [4.78, 5) is 13.7. The lowest BCUT2D eigenvalue weighted by Gasteiger charge is -2.15. The molecule has 0 radical (unpaired) electrons. The summed E-state index contributed by atoms with van der Waals surface area (Å²) in [6.07, 6.45) is 0. The van der Waals surface area contributed by atoms with Gasteiger partial charge in [0.2, 0.25) is 11.8 Å². The van der Waals surface area contributed by atoms with Gasteiger partial charge in [-0.3, -0.25) is 15.0 Å². The molecule has 1 aromatic carbocycles. The molecule has 20 heavy (non-hydrogen) atoms. The fraction of sp³-hybridized carbons (Fsp3) is 0.286. The summed E-state index contributed by atoms with van der Waals surface area (Å²) in [5, 5.41) is 7.06. The normalized spacial score (nSPS) is 10.8. The van der Waals surface area contributed by atoms with Gasteiger partial charge in [-0.25, -0.2) is 0 Å². The van der Waals surface area contributed by atoms with Crippen molar-refractivity contribution in [2.75, 3.05) is 18.9 Å². The fourth-order valence-electron chi connectivity index (χ4n) is 1.85. The van der Waals surface area contributed by atoms with Crippen molar-refractivity contribution in [1.82, 2.24) is 10.1 Å². The van der Waals surface area contributed by atoms with Gasteiger partial charge < -0.3 is 4.52 Å². The number of amides is 1. The molecule has 106 valence electrons. The van der Waals surface area contributed by atoms with E-state index in [0.29, 0.717) is 17.5 Å². The summed E-state index contributed by atoms with van der Waals surface area (Å²) in [6.45, 7) is 2.69. The topological polar surface area (TPSA) is 58.4 Å². The second-order valence-electron chi connectivity index (χ2n) is 4.68. The van der Waals surface area contributed by atoms with Crippen LogP contribution in [0.5, 0.6) is 0 Å². The predicted molar refractivity (Wildman–Crippen MR) is 77.7 cm³/mol. The van der Waals surface area contributed by atoms with Crippen LogP contribution in [0.25, 0.3) is 0 Å². The van der Waals surface area contributed by atoms with Crippen molar-refractivity contribution in [3.8, 4) is 0 Å². The minimum atomic E-state index is -0.148. The Morgan fingerprint density at radius 3 is 2.90 bits per heavy atom. The minimum absolute atomic E-state index is 0.148. The molecule has 0 unspecified atom stereocenters. The number of aryl methyl sites for hydroxylation is 1. The molecule has 0 saturated heterocycles. The predicted octanol–water partition coefficient (Wildman–Crippen LogP) is 2.71. The summed E-state index contributed by atoms with van der Waals surface area (Å²) < 4.78 is 4.93. The molecule has 5 nitrogen and oxygen atoms in total. The number of likely N-dealkylation sites (N-methyl/N-ethyl adjacent to an activating group) is 1. The van der Waals surface area contributed by atoms with Gasteiger partial charge in [-0.15, -0.1) is 0 Å². The largest absolute Gasteiger partial charge is 0.338 e. The van der Waals surface area contributed by atoms with Gasteiger partial charge in [0.25, 0.3) is 0 Å². The van der Waals surface area contributed by atoms with E-state index < -0.39 is 0 Å².